The number of anilines is 1. The first-order valence-corrected chi connectivity index (χ1v) is 9.73. The maximum atomic E-state index is 12.5. The fraction of sp³-hybridized carbons (Fsp3) is 0.286. The van der Waals surface area contributed by atoms with Crippen molar-refractivity contribution in [2.75, 3.05) is 12.8 Å². The molecular weight excluding hydrogens is 418 g/mol. The van der Waals surface area contributed by atoms with Crippen LogP contribution in [0.15, 0.2) is 36.9 Å². The lowest BCUT2D eigenvalue weighted by Gasteiger charge is -2.17. The summed E-state index contributed by atoms with van der Waals surface area (Å²) in [5, 5.41) is 21.1. The normalized spacial score (nSPS) is 12.9. The molecule has 3 aromatic rings. The second-order valence-electron chi connectivity index (χ2n) is 7.18. The first-order chi connectivity index (χ1) is 15.3. The number of aromatic amines is 1. The van der Waals surface area contributed by atoms with E-state index in [0.29, 0.717) is 12.1 Å². The van der Waals surface area contributed by atoms with Gasteiger partial charge in [-0.05, 0) is 24.1 Å². The summed E-state index contributed by atoms with van der Waals surface area (Å²) in [4.78, 5) is 45.8. The number of hydrogen-bond acceptors (Lipinski definition) is 7. The molecule has 1 aromatic carbocycles. The molecule has 32 heavy (non-hydrogen) atoms. The average Bonchev–Trinajstić information content (AvgIpc) is 3.18. The molecule has 0 aliphatic carbocycles. The summed E-state index contributed by atoms with van der Waals surface area (Å²) in [6, 6.07) is 3.50. The monoisotopic (exact) mass is 441 g/mol. The zero-order valence-corrected chi connectivity index (χ0v) is 17.2. The molecule has 11 heteroatoms. The van der Waals surface area contributed by atoms with Crippen LogP contribution in [0.5, 0.6) is 0 Å². The molecule has 11 nitrogen and oxygen atoms in total. The highest BCUT2D eigenvalue weighted by molar-refractivity contribution is 6.01. The van der Waals surface area contributed by atoms with Gasteiger partial charge in [0, 0.05) is 49.0 Å². The minimum absolute atomic E-state index is 0.102. The number of amides is 1. The Morgan fingerprint density at radius 2 is 2.06 bits per heavy atom. The number of nitrogens with one attached hydrogen (secondary N) is 2. The van der Waals surface area contributed by atoms with Gasteiger partial charge in [-0.15, -0.1) is 0 Å². The van der Waals surface area contributed by atoms with Gasteiger partial charge >= 0.3 is 11.9 Å². The summed E-state index contributed by atoms with van der Waals surface area (Å²) < 4.78 is 5.64. The summed E-state index contributed by atoms with van der Waals surface area (Å²) in [7, 11) is 1.58. The van der Waals surface area contributed by atoms with E-state index < -0.39 is 23.9 Å². The van der Waals surface area contributed by atoms with Gasteiger partial charge in [0.25, 0.3) is 5.91 Å². The van der Waals surface area contributed by atoms with Crippen molar-refractivity contribution in [2.45, 2.75) is 31.4 Å². The average molecular weight is 441 g/mol. The second kappa shape index (κ2) is 9.88. The van der Waals surface area contributed by atoms with Crippen molar-refractivity contribution in [3.8, 4) is 0 Å². The highest BCUT2D eigenvalue weighted by Gasteiger charge is 2.23. The predicted molar refractivity (Wildman–Crippen MR) is 114 cm³/mol. The molecule has 1 amide bonds. The van der Waals surface area contributed by atoms with Crippen molar-refractivity contribution in [3.05, 3.63) is 53.6 Å². The van der Waals surface area contributed by atoms with E-state index in [9.17, 15) is 19.5 Å². The smallest absolute Gasteiger partial charge is 0.326 e. The van der Waals surface area contributed by atoms with Crippen molar-refractivity contribution in [1.82, 2.24) is 20.3 Å². The summed E-state index contributed by atoms with van der Waals surface area (Å²) in [5.74, 6) is -3.16. The van der Waals surface area contributed by atoms with Crippen molar-refractivity contribution >= 4 is 34.6 Å². The number of carboxylic acids is 2. The first-order valence-electron chi connectivity index (χ1n) is 9.73. The van der Waals surface area contributed by atoms with Gasteiger partial charge in [-0.1, -0.05) is 6.07 Å². The zero-order valence-electron chi connectivity index (χ0n) is 17.2. The predicted octanol–water partition coefficient (Wildman–Crippen LogP) is 1.52. The lowest BCUT2D eigenvalue weighted by molar-refractivity contribution is -0.140. The Kier molecular flexibility index (Phi) is 7.00. The summed E-state index contributed by atoms with van der Waals surface area (Å²) in [6.07, 6.45) is 4.47. The lowest BCUT2D eigenvalue weighted by atomic mass is 9.99. The van der Waals surface area contributed by atoms with Crippen LogP contribution in [0, 0.1) is 0 Å². The van der Waals surface area contributed by atoms with Gasteiger partial charge in [-0.25, -0.2) is 14.8 Å². The quantitative estimate of drug-likeness (QED) is 0.291. The number of carboxylic acid groups (broad SMARTS) is 2. The van der Waals surface area contributed by atoms with E-state index in [1.165, 1.54) is 12.4 Å². The van der Waals surface area contributed by atoms with Crippen molar-refractivity contribution in [1.29, 1.82) is 0 Å². The SMILES string of the molecule is COC(Cc1ccc(C(=O)N[C@@H](CCC(=O)O)C(=O)O)c(N)c1)c1c[nH]c2ncncc12. The van der Waals surface area contributed by atoms with Crippen LogP contribution in [0.1, 0.15) is 40.4 Å². The molecule has 1 unspecified atom stereocenters. The number of nitrogens with zero attached hydrogens (tertiary/aromatic N) is 2. The fourth-order valence-corrected chi connectivity index (χ4v) is 3.39. The van der Waals surface area contributed by atoms with Crippen LogP contribution in [-0.4, -0.2) is 56.2 Å². The number of methoxy groups -OCH3 is 1. The van der Waals surface area contributed by atoms with Crippen molar-refractivity contribution in [3.63, 3.8) is 0 Å². The molecule has 2 atom stereocenters. The first kappa shape index (κ1) is 22.7. The van der Waals surface area contributed by atoms with E-state index in [2.05, 4.69) is 20.3 Å². The van der Waals surface area contributed by atoms with Gasteiger partial charge in [0.2, 0.25) is 0 Å². The number of hydrogen-bond donors (Lipinski definition) is 5. The number of aromatic nitrogens is 3. The molecule has 0 bridgehead atoms. The van der Waals surface area contributed by atoms with Gasteiger partial charge in [-0.3, -0.25) is 9.59 Å². The number of rotatable bonds is 10. The fourth-order valence-electron chi connectivity index (χ4n) is 3.39. The Balaban J connectivity index is 1.74. The molecule has 6 N–H and O–H groups in total. The van der Waals surface area contributed by atoms with E-state index in [-0.39, 0.29) is 30.2 Å². The standard InChI is InChI=1S/C21H23N5O6/c1-32-17(13-9-24-19-14(13)8-23-10-25-19)7-11-2-3-12(15(22)6-11)20(29)26-16(21(30)31)4-5-18(27)28/h2-3,6,8-10,16-17H,4-5,7,22H2,1H3,(H,26,29)(H,27,28)(H,30,31)(H,23,24,25)/t16-,17?/m0/s1. The molecule has 2 aromatic heterocycles. The molecule has 0 spiro atoms. The van der Waals surface area contributed by atoms with Crippen LogP contribution in [0.4, 0.5) is 5.69 Å². The number of carbonyl (C=O) groups excluding carboxylic acids is 1. The van der Waals surface area contributed by atoms with Gasteiger partial charge < -0.3 is 31.0 Å². The second-order valence-corrected chi connectivity index (χ2v) is 7.18. The van der Waals surface area contributed by atoms with E-state index in [0.717, 1.165) is 16.5 Å². The van der Waals surface area contributed by atoms with Crippen LogP contribution in [-0.2, 0) is 20.7 Å². The number of fused-ring (bicyclic) bond motifs is 1. The van der Waals surface area contributed by atoms with E-state index in [1.54, 1.807) is 25.4 Å². The Morgan fingerprint density at radius 1 is 1.28 bits per heavy atom. The zero-order chi connectivity index (χ0) is 23.3. The Bertz CT molecular complexity index is 1140. The molecule has 0 aliphatic heterocycles. The third-order valence-electron chi connectivity index (χ3n) is 5.05. The Morgan fingerprint density at radius 3 is 2.72 bits per heavy atom. The van der Waals surface area contributed by atoms with E-state index >= 15 is 0 Å². The summed E-state index contributed by atoms with van der Waals surface area (Å²) >= 11 is 0. The minimum atomic E-state index is -1.33. The lowest BCUT2D eigenvalue weighted by Crippen LogP contribution is -2.41. The van der Waals surface area contributed by atoms with Crippen LogP contribution in [0.25, 0.3) is 11.0 Å². The number of nitrogen functional groups attached to an aromatic ring is 1. The number of aliphatic carboxylic acids is 2. The Hall–Kier alpha value is -3.99. The number of H-pyrrole nitrogens is 1. The van der Waals surface area contributed by atoms with Gasteiger partial charge in [0.15, 0.2) is 0 Å². The third kappa shape index (κ3) is 5.19. The Labute approximate surface area is 182 Å². The van der Waals surface area contributed by atoms with Crippen LogP contribution in [0.2, 0.25) is 0 Å². The van der Waals surface area contributed by atoms with Crippen molar-refractivity contribution in [2.24, 2.45) is 0 Å². The largest absolute Gasteiger partial charge is 0.481 e. The van der Waals surface area contributed by atoms with Crippen LogP contribution in [0.3, 0.4) is 0 Å². The van der Waals surface area contributed by atoms with Gasteiger partial charge in [0.05, 0.1) is 11.7 Å². The van der Waals surface area contributed by atoms with Gasteiger partial charge in [0.1, 0.15) is 18.0 Å². The molecule has 0 fully saturated rings. The number of ether oxygens (including phenoxy) is 1. The molecule has 2 heterocycles. The van der Waals surface area contributed by atoms with Crippen LogP contribution < -0.4 is 11.1 Å². The summed E-state index contributed by atoms with van der Waals surface area (Å²) in [6.45, 7) is 0. The maximum Gasteiger partial charge on any atom is 0.326 e. The molecule has 0 saturated carbocycles. The van der Waals surface area contributed by atoms with Crippen LogP contribution >= 0.6 is 0 Å². The molecule has 168 valence electrons. The molecule has 0 radical (unpaired) electrons. The number of benzene rings is 1. The summed E-state index contributed by atoms with van der Waals surface area (Å²) in [5.41, 5.74) is 8.70. The van der Waals surface area contributed by atoms with E-state index in [1.807, 2.05) is 6.20 Å². The highest BCUT2D eigenvalue weighted by Crippen LogP contribution is 2.28. The molecule has 3 rings (SSSR count). The van der Waals surface area contributed by atoms with Gasteiger partial charge in [-0.2, -0.15) is 0 Å². The van der Waals surface area contributed by atoms with E-state index in [4.69, 9.17) is 15.6 Å². The number of carbonyl (C=O) groups is 3. The number of nitrogens with two attached hydrogens (primary N) is 1. The third-order valence-corrected chi connectivity index (χ3v) is 5.05. The van der Waals surface area contributed by atoms with Crippen molar-refractivity contribution < 1.29 is 29.3 Å². The topological polar surface area (TPSA) is 181 Å². The maximum absolute atomic E-state index is 12.5. The highest BCUT2D eigenvalue weighted by atomic mass is 16.5. The minimum Gasteiger partial charge on any atom is -0.481 e. The molecular formula is C21H23N5O6. The molecule has 0 saturated heterocycles. The molecule has 0 aliphatic rings.